The number of aryl methyl sites for hydroxylation is 1. The molecule has 0 saturated carbocycles. The van der Waals surface area contributed by atoms with Gasteiger partial charge in [0.15, 0.2) is 0 Å². The molecule has 2 aliphatic heterocycles. The number of hydrogen-bond donors (Lipinski definition) is 1. The van der Waals surface area contributed by atoms with Gasteiger partial charge in [-0.05, 0) is 59.1 Å². The van der Waals surface area contributed by atoms with Gasteiger partial charge in [-0.1, -0.05) is 12.1 Å². The Morgan fingerprint density at radius 1 is 1.15 bits per heavy atom. The molecule has 11 heteroatoms. The number of nitrogens with one attached hydrogen (secondary N) is 1. The van der Waals surface area contributed by atoms with Gasteiger partial charge < -0.3 is 10.2 Å². The minimum absolute atomic E-state index is 0.109. The van der Waals surface area contributed by atoms with E-state index in [1.54, 1.807) is 9.58 Å². The lowest BCUT2D eigenvalue weighted by Gasteiger charge is -2.30. The van der Waals surface area contributed by atoms with Gasteiger partial charge >= 0.3 is 6.18 Å². The van der Waals surface area contributed by atoms with Crippen molar-refractivity contribution in [3.05, 3.63) is 68.7 Å². The van der Waals surface area contributed by atoms with E-state index in [2.05, 4.69) is 36.3 Å². The van der Waals surface area contributed by atoms with Gasteiger partial charge in [-0.25, -0.2) is 4.98 Å². The molecule has 0 saturated heterocycles. The number of hydrogen-bond acceptors (Lipinski definition) is 5. The molecule has 0 radical (unpaired) electrons. The highest BCUT2D eigenvalue weighted by molar-refractivity contribution is 9.10. The first-order valence-electron chi connectivity index (χ1n) is 10.2. The highest BCUT2D eigenvalue weighted by atomic mass is 79.9. The Bertz CT molecular complexity index is 1320. The highest BCUT2D eigenvalue weighted by Crippen LogP contribution is 2.34. The van der Waals surface area contributed by atoms with E-state index in [1.165, 1.54) is 12.3 Å². The van der Waals surface area contributed by atoms with Gasteiger partial charge in [-0.2, -0.15) is 18.3 Å². The summed E-state index contributed by atoms with van der Waals surface area (Å²) >= 11 is 3.39. The van der Waals surface area contributed by atoms with E-state index in [0.29, 0.717) is 29.1 Å². The predicted molar refractivity (Wildman–Crippen MR) is 121 cm³/mol. The molecule has 2 aliphatic rings. The number of aliphatic imine (C=N–C) groups is 1. The van der Waals surface area contributed by atoms with Crippen molar-refractivity contribution in [2.24, 2.45) is 4.99 Å². The monoisotopic (exact) mass is 518 g/mol. The van der Waals surface area contributed by atoms with Crippen LogP contribution < -0.4 is 10.2 Å². The van der Waals surface area contributed by atoms with E-state index in [1.807, 2.05) is 32.0 Å². The van der Waals surface area contributed by atoms with Crippen LogP contribution in [0.5, 0.6) is 0 Å². The highest BCUT2D eigenvalue weighted by Gasteiger charge is 2.34. The summed E-state index contributed by atoms with van der Waals surface area (Å²) in [6.07, 6.45) is -3.63. The maximum atomic E-state index is 13.1. The molecule has 0 bridgehead atoms. The van der Waals surface area contributed by atoms with Crippen LogP contribution in [-0.4, -0.2) is 33.4 Å². The van der Waals surface area contributed by atoms with Gasteiger partial charge in [0.05, 0.1) is 18.4 Å². The number of rotatable bonds is 2. The van der Waals surface area contributed by atoms with Crippen LogP contribution in [0.1, 0.15) is 44.7 Å². The summed E-state index contributed by atoms with van der Waals surface area (Å²) in [6.45, 7) is 4.86. The van der Waals surface area contributed by atoms with Gasteiger partial charge in [-0.15, -0.1) is 0 Å². The van der Waals surface area contributed by atoms with E-state index in [9.17, 15) is 18.0 Å². The topological polar surface area (TPSA) is 75.4 Å². The number of amides is 1. The molecule has 2 aromatic heterocycles. The average Bonchev–Trinajstić information content (AvgIpc) is 3.07. The minimum atomic E-state index is -4.51. The second-order valence-electron chi connectivity index (χ2n) is 7.94. The number of halogens is 4. The van der Waals surface area contributed by atoms with Crippen molar-refractivity contribution in [2.75, 3.05) is 16.8 Å². The Morgan fingerprint density at radius 3 is 2.67 bits per heavy atom. The van der Waals surface area contributed by atoms with Crippen molar-refractivity contribution in [2.45, 2.75) is 32.7 Å². The third kappa shape index (κ3) is 3.69. The van der Waals surface area contributed by atoms with E-state index >= 15 is 0 Å². The first-order valence-corrected chi connectivity index (χ1v) is 11.0. The number of nitrogens with zero attached hydrogens (tertiary/aromatic N) is 5. The van der Waals surface area contributed by atoms with E-state index < -0.39 is 18.0 Å². The fraction of sp³-hybridized carbons (Fsp3) is 0.273. The number of carbonyl (C=O) groups excluding carboxylic acids is 1. The number of anilines is 2. The van der Waals surface area contributed by atoms with E-state index in [0.717, 1.165) is 28.4 Å². The first kappa shape index (κ1) is 21.6. The summed E-state index contributed by atoms with van der Waals surface area (Å²) in [6, 6.07) is 7.97. The van der Waals surface area contributed by atoms with Gasteiger partial charge in [0.2, 0.25) is 0 Å². The van der Waals surface area contributed by atoms with Gasteiger partial charge in [0, 0.05) is 17.8 Å². The molecule has 7 nitrogen and oxygen atoms in total. The Labute approximate surface area is 195 Å². The van der Waals surface area contributed by atoms with Crippen LogP contribution in [0.2, 0.25) is 0 Å². The van der Waals surface area contributed by atoms with Crippen LogP contribution in [0.25, 0.3) is 0 Å². The van der Waals surface area contributed by atoms with Gasteiger partial charge in [0.25, 0.3) is 5.91 Å². The van der Waals surface area contributed by atoms with E-state index in [-0.39, 0.29) is 11.6 Å². The number of fused-ring (bicyclic) bond motifs is 2. The molecule has 1 atom stereocenters. The van der Waals surface area contributed by atoms with Crippen molar-refractivity contribution < 1.29 is 18.0 Å². The first-order chi connectivity index (χ1) is 15.6. The molecule has 1 N–H and O–H groups in total. The minimum Gasteiger partial charge on any atom is -0.358 e. The molecule has 0 fully saturated rings. The maximum absolute atomic E-state index is 13.1. The standard InChI is InChI=1S/C22H18BrF3N6O/c1-11-9-13(20-27-10-15-14(29-20)4-6-17(28-15)22(24,25)26)3-5-16(11)31-7-8-32-18(21(31)33)12(2)19(23)30-32/h3-6,9-10,20,29H,7-8H2,1-2H3. The van der Waals surface area contributed by atoms with E-state index in [4.69, 9.17) is 0 Å². The molecule has 0 spiro atoms. The molecule has 170 valence electrons. The fourth-order valence-electron chi connectivity index (χ4n) is 4.11. The molecule has 4 heterocycles. The molecule has 5 rings (SSSR count). The summed E-state index contributed by atoms with van der Waals surface area (Å²) in [5, 5.41) is 7.48. The molecule has 1 amide bonds. The second kappa shape index (κ2) is 7.68. The molecule has 1 unspecified atom stereocenters. The third-order valence-corrected chi connectivity index (χ3v) is 6.55. The molecule has 0 aliphatic carbocycles. The fourth-order valence-corrected chi connectivity index (χ4v) is 4.49. The largest absolute Gasteiger partial charge is 0.433 e. The molecule has 3 aromatic rings. The normalized spacial score (nSPS) is 17.6. The van der Waals surface area contributed by atoms with Crippen LogP contribution in [0.4, 0.5) is 24.5 Å². The van der Waals surface area contributed by atoms with Crippen LogP contribution in [0.15, 0.2) is 39.9 Å². The molecule has 1 aromatic carbocycles. The van der Waals surface area contributed by atoms with Crippen molar-refractivity contribution in [3.8, 4) is 0 Å². The van der Waals surface area contributed by atoms with Crippen LogP contribution in [-0.2, 0) is 12.7 Å². The summed E-state index contributed by atoms with van der Waals surface area (Å²) in [5.41, 5.74) is 3.55. The predicted octanol–water partition coefficient (Wildman–Crippen LogP) is 4.88. The van der Waals surface area contributed by atoms with Crippen LogP contribution in [0.3, 0.4) is 0 Å². The number of alkyl halides is 3. The lowest BCUT2D eigenvalue weighted by atomic mass is 10.0. The molecule has 33 heavy (non-hydrogen) atoms. The zero-order chi connectivity index (χ0) is 23.5. The SMILES string of the molecule is Cc1cc(C2N=Cc3nc(C(F)(F)F)ccc3N2)ccc1N1CCn2nc(Br)c(C)c2C1=O. The van der Waals surface area contributed by atoms with Crippen LogP contribution in [0, 0.1) is 13.8 Å². The smallest absolute Gasteiger partial charge is 0.358 e. The number of carbonyl (C=O) groups is 1. The Balaban J connectivity index is 1.40. The van der Waals surface area contributed by atoms with Crippen molar-refractivity contribution >= 4 is 39.4 Å². The quantitative estimate of drug-likeness (QED) is 0.524. The van der Waals surface area contributed by atoms with Crippen molar-refractivity contribution in [1.82, 2.24) is 14.8 Å². The van der Waals surface area contributed by atoms with Crippen LogP contribution >= 0.6 is 15.9 Å². The zero-order valence-electron chi connectivity index (χ0n) is 17.6. The third-order valence-electron chi connectivity index (χ3n) is 5.80. The summed E-state index contributed by atoms with van der Waals surface area (Å²) in [4.78, 5) is 22.9. The zero-order valence-corrected chi connectivity index (χ0v) is 19.2. The summed E-state index contributed by atoms with van der Waals surface area (Å²) < 4.78 is 41.1. The van der Waals surface area contributed by atoms with Crippen molar-refractivity contribution in [3.63, 3.8) is 0 Å². The lowest BCUT2D eigenvalue weighted by Crippen LogP contribution is -2.41. The Morgan fingerprint density at radius 2 is 1.94 bits per heavy atom. The molecular formula is C22H18BrF3N6O. The number of aromatic nitrogens is 3. The summed E-state index contributed by atoms with van der Waals surface area (Å²) in [7, 11) is 0. The Kier molecular flexibility index (Phi) is 5.04. The number of pyridine rings is 1. The van der Waals surface area contributed by atoms with Gasteiger partial charge in [-0.3, -0.25) is 14.5 Å². The summed E-state index contributed by atoms with van der Waals surface area (Å²) in [5.74, 6) is -0.109. The van der Waals surface area contributed by atoms with Gasteiger partial charge in [0.1, 0.15) is 27.9 Å². The second-order valence-corrected chi connectivity index (χ2v) is 8.69. The lowest BCUT2D eigenvalue weighted by molar-refractivity contribution is -0.141. The molecular weight excluding hydrogens is 501 g/mol. The maximum Gasteiger partial charge on any atom is 0.433 e. The number of benzene rings is 1. The van der Waals surface area contributed by atoms with Crippen molar-refractivity contribution in [1.29, 1.82) is 0 Å². The Hall–Kier alpha value is -3.21. The average molecular weight is 519 g/mol.